The van der Waals surface area contributed by atoms with Crippen LogP contribution in [0.1, 0.15) is 68.2 Å². The van der Waals surface area contributed by atoms with E-state index in [0.29, 0.717) is 12.5 Å². The van der Waals surface area contributed by atoms with Crippen molar-refractivity contribution in [2.24, 2.45) is 5.92 Å². The molecule has 2 amide bonds. The van der Waals surface area contributed by atoms with Crippen molar-refractivity contribution in [3.05, 3.63) is 47.5 Å². The quantitative estimate of drug-likeness (QED) is 0.838. The molecule has 1 unspecified atom stereocenters. The molecule has 0 bridgehead atoms. The van der Waals surface area contributed by atoms with Crippen LogP contribution in [-0.2, 0) is 16.0 Å². The minimum atomic E-state index is -0.119. The molecule has 4 nitrogen and oxygen atoms in total. The molecule has 1 N–H and O–H groups in total. The highest BCUT2D eigenvalue weighted by molar-refractivity contribution is 5.88. The van der Waals surface area contributed by atoms with E-state index in [0.717, 1.165) is 38.6 Å². The van der Waals surface area contributed by atoms with Gasteiger partial charge in [-0.1, -0.05) is 38.6 Å². The van der Waals surface area contributed by atoms with Crippen molar-refractivity contribution in [3.8, 4) is 0 Å². The van der Waals surface area contributed by atoms with Gasteiger partial charge in [-0.05, 0) is 60.8 Å². The number of hydrogen-bond donors (Lipinski definition) is 1. The molecule has 1 aromatic carbocycles. The van der Waals surface area contributed by atoms with Crippen LogP contribution in [-0.4, -0.2) is 29.8 Å². The number of likely N-dealkylation sites (tertiary alicyclic amines) is 1. The Morgan fingerprint density at radius 3 is 2.81 bits per heavy atom. The average molecular weight is 354 g/mol. The summed E-state index contributed by atoms with van der Waals surface area (Å²) in [5, 5.41) is 3.29. The molecule has 0 aromatic heterocycles. The Hall–Kier alpha value is -2.10. The summed E-state index contributed by atoms with van der Waals surface area (Å²) < 4.78 is 0. The highest BCUT2D eigenvalue weighted by Gasteiger charge is 2.30. The molecule has 1 aliphatic carbocycles. The van der Waals surface area contributed by atoms with Gasteiger partial charge in [-0.3, -0.25) is 9.59 Å². The predicted molar refractivity (Wildman–Crippen MR) is 104 cm³/mol. The lowest BCUT2D eigenvalue weighted by atomic mass is 9.84. The predicted octanol–water partition coefficient (Wildman–Crippen LogP) is 3.73. The van der Waals surface area contributed by atoms with Crippen LogP contribution in [0.15, 0.2) is 30.9 Å². The molecule has 0 spiro atoms. The molecule has 4 heteroatoms. The monoisotopic (exact) mass is 354 g/mol. The zero-order chi connectivity index (χ0) is 18.7. The number of aryl methyl sites for hydroxylation is 1. The van der Waals surface area contributed by atoms with E-state index in [1.165, 1.54) is 22.8 Å². The first-order chi connectivity index (χ1) is 12.5. The van der Waals surface area contributed by atoms with E-state index in [9.17, 15) is 9.59 Å². The Balaban J connectivity index is 1.71. The van der Waals surface area contributed by atoms with E-state index < -0.39 is 0 Å². The standard InChI is InChI=1S/C22H30N2O2/c1-4-21(25)24-12-6-8-18(14-24)22(26)23-20-9-5-7-16-10-11-17(15(2)3)13-19(16)20/h4,10-11,13,15,18,20H,1,5-9,12,14H2,2-3H3,(H,23,26)/t18?,20-/m1/s1. The molecule has 1 fully saturated rings. The Bertz CT molecular complexity index is 695. The third kappa shape index (κ3) is 4.00. The molecule has 1 aromatic rings. The summed E-state index contributed by atoms with van der Waals surface area (Å²) in [6.45, 7) is 9.18. The number of nitrogens with zero attached hydrogens (tertiary/aromatic N) is 1. The molecular weight excluding hydrogens is 324 g/mol. The summed E-state index contributed by atoms with van der Waals surface area (Å²) in [4.78, 5) is 26.5. The van der Waals surface area contributed by atoms with Crippen LogP contribution in [0.25, 0.3) is 0 Å². The number of fused-ring (bicyclic) bond motifs is 1. The Morgan fingerprint density at radius 2 is 2.08 bits per heavy atom. The maximum atomic E-state index is 12.9. The molecule has 26 heavy (non-hydrogen) atoms. The lowest BCUT2D eigenvalue weighted by molar-refractivity contribution is -0.132. The van der Waals surface area contributed by atoms with Crippen molar-refractivity contribution < 1.29 is 9.59 Å². The molecule has 1 aliphatic heterocycles. The van der Waals surface area contributed by atoms with Crippen LogP contribution in [0.4, 0.5) is 0 Å². The minimum absolute atomic E-state index is 0.0768. The Labute approximate surface area is 156 Å². The first kappa shape index (κ1) is 18.7. The maximum Gasteiger partial charge on any atom is 0.245 e. The fourth-order valence-corrected chi connectivity index (χ4v) is 4.14. The van der Waals surface area contributed by atoms with Crippen molar-refractivity contribution in [2.45, 2.75) is 57.9 Å². The molecule has 140 valence electrons. The average Bonchev–Trinajstić information content (AvgIpc) is 2.67. The number of piperidine rings is 1. The summed E-state index contributed by atoms with van der Waals surface area (Å²) in [6.07, 6.45) is 6.23. The van der Waals surface area contributed by atoms with Crippen molar-refractivity contribution in [3.63, 3.8) is 0 Å². The largest absolute Gasteiger partial charge is 0.349 e. The number of nitrogens with one attached hydrogen (secondary N) is 1. The third-order valence-electron chi connectivity index (χ3n) is 5.75. The molecular formula is C22H30N2O2. The Kier molecular flexibility index (Phi) is 5.80. The normalized spacial score (nSPS) is 22.7. The van der Waals surface area contributed by atoms with Gasteiger partial charge in [0.15, 0.2) is 0 Å². The van der Waals surface area contributed by atoms with Crippen LogP contribution >= 0.6 is 0 Å². The van der Waals surface area contributed by atoms with Crippen LogP contribution in [0.3, 0.4) is 0 Å². The minimum Gasteiger partial charge on any atom is -0.349 e. The number of amides is 2. The second-order valence-corrected chi connectivity index (χ2v) is 7.89. The van der Waals surface area contributed by atoms with Gasteiger partial charge >= 0.3 is 0 Å². The fourth-order valence-electron chi connectivity index (χ4n) is 4.14. The van der Waals surface area contributed by atoms with E-state index in [1.54, 1.807) is 4.90 Å². The first-order valence-corrected chi connectivity index (χ1v) is 9.84. The van der Waals surface area contributed by atoms with Crippen LogP contribution in [0.5, 0.6) is 0 Å². The zero-order valence-electron chi connectivity index (χ0n) is 16.0. The molecule has 1 heterocycles. The van der Waals surface area contributed by atoms with Crippen molar-refractivity contribution >= 4 is 11.8 Å². The number of benzene rings is 1. The topological polar surface area (TPSA) is 49.4 Å². The first-order valence-electron chi connectivity index (χ1n) is 9.84. The molecule has 3 rings (SSSR count). The van der Waals surface area contributed by atoms with Gasteiger partial charge in [-0.15, -0.1) is 0 Å². The molecule has 1 saturated heterocycles. The number of carbonyl (C=O) groups excluding carboxylic acids is 2. The summed E-state index contributed by atoms with van der Waals surface area (Å²) in [6, 6.07) is 6.82. The lowest BCUT2D eigenvalue weighted by Gasteiger charge is -2.33. The second kappa shape index (κ2) is 8.07. The van der Waals surface area contributed by atoms with Gasteiger partial charge in [0.2, 0.25) is 11.8 Å². The van der Waals surface area contributed by atoms with Gasteiger partial charge in [-0.25, -0.2) is 0 Å². The Morgan fingerprint density at radius 1 is 1.27 bits per heavy atom. The van der Waals surface area contributed by atoms with Crippen LogP contribution in [0.2, 0.25) is 0 Å². The van der Waals surface area contributed by atoms with Crippen LogP contribution < -0.4 is 5.32 Å². The van der Waals surface area contributed by atoms with E-state index in [1.807, 2.05) is 0 Å². The highest BCUT2D eigenvalue weighted by Crippen LogP contribution is 2.32. The molecule has 2 aliphatic rings. The maximum absolute atomic E-state index is 12.9. The van der Waals surface area contributed by atoms with E-state index in [2.05, 4.69) is 43.9 Å². The molecule has 0 radical (unpaired) electrons. The van der Waals surface area contributed by atoms with E-state index >= 15 is 0 Å². The smallest absolute Gasteiger partial charge is 0.245 e. The number of rotatable bonds is 4. The molecule has 0 saturated carbocycles. The highest BCUT2D eigenvalue weighted by atomic mass is 16.2. The SMILES string of the molecule is C=CC(=O)N1CCCC(C(=O)N[C@@H]2CCCc3ccc(C(C)C)cc32)C1. The van der Waals surface area contributed by atoms with Gasteiger partial charge in [0.25, 0.3) is 0 Å². The zero-order valence-corrected chi connectivity index (χ0v) is 16.0. The van der Waals surface area contributed by atoms with Crippen molar-refractivity contribution in [1.29, 1.82) is 0 Å². The summed E-state index contributed by atoms with van der Waals surface area (Å²) in [5.74, 6) is 0.369. The van der Waals surface area contributed by atoms with E-state index in [-0.39, 0.29) is 23.8 Å². The van der Waals surface area contributed by atoms with Gasteiger partial charge < -0.3 is 10.2 Å². The van der Waals surface area contributed by atoms with Crippen LogP contribution in [0, 0.1) is 5.92 Å². The van der Waals surface area contributed by atoms with E-state index in [4.69, 9.17) is 0 Å². The second-order valence-electron chi connectivity index (χ2n) is 7.89. The number of hydrogen-bond acceptors (Lipinski definition) is 2. The summed E-state index contributed by atoms with van der Waals surface area (Å²) in [5.41, 5.74) is 3.97. The van der Waals surface area contributed by atoms with Crippen molar-refractivity contribution in [1.82, 2.24) is 10.2 Å². The van der Waals surface area contributed by atoms with Crippen molar-refractivity contribution in [2.75, 3.05) is 13.1 Å². The summed E-state index contributed by atoms with van der Waals surface area (Å²) >= 11 is 0. The molecule has 2 atom stereocenters. The number of carbonyl (C=O) groups is 2. The van der Waals surface area contributed by atoms with Gasteiger partial charge in [-0.2, -0.15) is 0 Å². The fraction of sp³-hybridized carbons (Fsp3) is 0.545. The van der Waals surface area contributed by atoms with Gasteiger partial charge in [0, 0.05) is 13.1 Å². The van der Waals surface area contributed by atoms with Gasteiger partial charge in [0.1, 0.15) is 0 Å². The summed E-state index contributed by atoms with van der Waals surface area (Å²) in [7, 11) is 0. The lowest BCUT2D eigenvalue weighted by Crippen LogP contribution is -2.46. The third-order valence-corrected chi connectivity index (χ3v) is 5.75. The van der Waals surface area contributed by atoms with Gasteiger partial charge in [0.05, 0.1) is 12.0 Å².